The van der Waals surface area contributed by atoms with Crippen molar-refractivity contribution in [2.45, 2.75) is 38.4 Å². The Morgan fingerprint density at radius 1 is 1.35 bits per heavy atom. The summed E-state index contributed by atoms with van der Waals surface area (Å²) < 4.78 is 16.1. The highest BCUT2D eigenvalue weighted by molar-refractivity contribution is 5.80. The molecule has 1 heterocycles. The zero-order chi connectivity index (χ0) is 12.5. The molecule has 0 aromatic heterocycles. The number of hydrogen-bond donors (Lipinski definition) is 0. The molecule has 0 aromatic rings. The van der Waals surface area contributed by atoms with Gasteiger partial charge in [0.2, 0.25) is 0 Å². The molecule has 0 radical (unpaired) electrons. The summed E-state index contributed by atoms with van der Waals surface area (Å²) in [4.78, 5) is 23.0. The number of carbonyl (C=O) groups excluding carboxylic acids is 2. The van der Waals surface area contributed by atoms with E-state index in [-0.39, 0.29) is 25.0 Å². The molecule has 1 saturated carbocycles. The summed E-state index contributed by atoms with van der Waals surface area (Å²) in [6.45, 7) is 2.23. The Hall–Kier alpha value is -0.940. The van der Waals surface area contributed by atoms with Crippen molar-refractivity contribution >= 4 is 11.8 Å². The fraction of sp³-hybridized carbons (Fsp3) is 0.833. The van der Waals surface area contributed by atoms with Crippen LogP contribution in [0.15, 0.2) is 0 Å². The van der Waals surface area contributed by atoms with Crippen LogP contribution in [0.3, 0.4) is 0 Å². The number of ether oxygens (including phenoxy) is 3. The van der Waals surface area contributed by atoms with Gasteiger partial charge in [-0.05, 0) is 13.3 Å². The summed E-state index contributed by atoms with van der Waals surface area (Å²) in [6.07, 6.45) is 2.40. The van der Waals surface area contributed by atoms with E-state index in [4.69, 9.17) is 14.2 Å². The summed E-state index contributed by atoms with van der Waals surface area (Å²) in [5, 5.41) is 0. The van der Waals surface area contributed by atoms with Crippen LogP contribution in [0, 0.1) is 5.41 Å². The predicted octanol–water partition coefficient (Wildman–Crippen LogP) is 1.05. The van der Waals surface area contributed by atoms with E-state index >= 15 is 0 Å². The average molecular weight is 242 g/mol. The van der Waals surface area contributed by atoms with Gasteiger partial charge in [0.15, 0.2) is 5.79 Å². The van der Waals surface area contributed by atoms with E-state index in [2.05, 4.69) is 0 Å². The number of methoxy groups -OCH3 is 1. The molecule has 0 bridgehead atoms. The second-order valence-electron chi connectivity index (χ2n) is 5.11. The smallest absolute Gasteiger partial charge is 0.316 e. The molecule has 1 aliphatic carbocycles. The van der Waals surface area contributed by atoms with Crippen molar-refractivity contribution in [3.05, 3.63) is 0 Å². The van der Waals surface area contributed by atoms with E-state index < -0.39 is 11.2 Å². The minimum absolute atomic E-state index is 0.165. The molecule has 0 aromatic carbocycles. The fourth-order valence-corrected chi connectivity index (χ4v) is 2.31. The molecule has 0 N–H and O–H groups in total. The Kier molecular flexibility index (Phi) is 3.23. The van der Waals surface area contributed by atoms with Crippen LogP contribution in [0.5, 0.6) is 0 Å². The molecule has 0 amide bonds. The van der Waals surface area contributed by atoms with Crippen molar-refractivity contribution in [2.75, 3.05) is 20.3 Å². The van der Waals surface area contributed by atoms with Crippen LogP contribution in [-0.2, 0) is 23.8 Å². The molecular formula is C12H18O5. The van der Waals surface area contributed by atoms with Crippen molar-refractivity contribution in [1.82, 2.24) is 0 Å². The van der Waals surface area contributed by atoms with Crippen molar-refractivity contribution in [2.24, 2.45) is 5.41 Å². The third-order valence-corrected chi connectivity index (χ3v) is 3.47. The summed E-state index contributed by atoms with van der Waals surface area (Å²) in [6, 6.07) is 0. The minimum atomic E-state index is -0.789. The highest BCUT2D eigenvalue weighted by Crippen LogP contribution is 2.38. The Bertz CT molecular complexity index is 328. The lowest BCUT2D eigenvalue weighted by Gasteiger charge is -2.44. The van der Waals surface area contributed by atoms with Crippen LogP contribution < -0.4 is 0 Å². The quantitative estimate of drug-likeness (QED) is 0.643. The van der Waals surface area contributed by atoms with Gasteiger partial charge in [-0.3, -0.25) is 9.59 Å². The van der Waals surface area contributed by atoms with Crippen LogP contribution in [0.1, 0.15) is 32.6 Å². The van der Waals surface area contributed by atoms with E-state index in [1.165, 1.54) is 7.11 Å². The number of hydrogen-bond acceptors (Lipinski definition) is 5. The maximum atomic E-state index is 11.6. The molecule has 5 nitrogen and oxygen atoms in total. The van der Waals surface area contributed by atoms with E-state index in [0.717, 1.165) is 12.8 Å². The van der Waals surface area contributed by atoms with Gasteiger partial charge in [0, 0.05) is 12.8 Å². The number of rotatable bonds is 1. The second-order valence-corrected chi connectivity index (χ2v) is 5.11. The standard InChI is InChI=1S/C12H18O5/c1-11(10(14)15-2)7-16-12(17-8-11)5-3-4-9(13)6-12/h3-8H2,1-2H3. The lowest BCUT2D eigenvalue weighted by atomic mass is 9.87. The summed E-state index contributed by atoms with van der Waals surface area (Å²) >= 11 is 0. The highest BCUT2D eigenvalue weighted by atomic mass is 16.7. The first-order valence-corrected chi connectivity index (χ1v) is 5.88. The van der Waals surface area contributed by atoms with Crippen LogP contribution in [0.4, 0.5) is 0 Å². The van der Waals surface area contributed by atoms with Crippen LogP contribution in [-0.4, -0.2) is 37.9 Å². The zero-order valence-electron chi connectivity index (χ0n) is 10.3. The van der Waals surface area contributed by atoms with Gasteiger partial charge >= 0.3 is 5.97 Å². The summed E-state index contributed by atoms with van der Waals surface area (Å²) in [7, 11) is 1.35. The van der Waals surface area contributed by atoms with Crippen molar-refractivity contribution in [3.63, 3.8) is 0 Å². The van der Waals surface area contributed by atoms with E-state index in [9.17, 15) is 9.59 Å². The van der Waals surface area contributed by atoms with Gasteiger partial charge in [0.05, 0.1) is 26.7 Å². The first-order chi connectivity index (χ1) is 8.00. The molecule has 2 aliphatic rings. The highest BCUT2D eigenvalue weighted by Gasteiger charge is 2.48. The molecule has 1 saturated heterocycles. The first-order valence-electron chi connectivity index (χ1n) is 5.88. The van der Waals surface area contributed by atoms with Gasteiger partial charge in [-0.1, -0.05) is 0 Å². The van der Waals surface area contributed by atoms with Crippen LogP contribution in [0.25, 0.3) is 0 Å². The van der Waals surface area contributed by atoms with Gasteiger partial charge < -0.3 is 14.2 Å². The van der Waals surface area contributed by atoms with Gasteiger partial charge in [0.1, 0.15) is 11.2 Å². The maximum absolute atomic E-state index is 11.6. The van der Waals surface area contributed by atoms with Crippen LogP contribution >= 0.6 is 0 Å². The Morgan fingerprint density at radius 2 is 2.00 bits per heavy atom. The van der Waals surface area contributed by atoms with E-state index in [1.54, 1.807) is 6.92 Å². The van der Waals surface area contributed by atoms with E-state index in [0.29, 0.717) is 12.8 Å². The Balaban J connectivity index is 2.02. The SMILES string of the molecule is COC(=O)C1(C)COC2(CCCC(=O)C2)OC1. The number of carbonyl (C=O) groups is 2. The van der Waals surface area contributed by atoms with Crippen molar-refractivity contribution in [3.8, 4) is 0 Å². The average Bonchev–Trinajstić information content (AvgIpc) is 2.32. The largest absolute Gasteiger partial charge is 0.468 e. The van der Waals surface area contributed by atoms with Crippen molar-refractivity contribution in [1.29, 1.82) is 0 Å². The molecule has 2 fully saturated rings. The Morgan fingerprint density at radius 3 is 2.53 bits per heavy atom. The van der Waals surface area contributed by atoms with Crippen LogP contribution in [0.2, 0.25) is 0 Å². The molecular weight excluding hydrogens is 224 g/mol. The molecule has 2 rings (SSSR count). The zero-order valence-corrected chi connectivity index (χ0v) is 10.3. The lowest BCUT2D eigenvalue weighted by molar-refractivity contribution is -0.304. The van der Waals surface area contributed by atoms with Gasteiger partial charge in [0.25, 0.3) is 0 Å². The molecule has 1 spiro atoms. The summed E-state index contributed by atoms with van der Waals surface area (Å²) in [5.41, 5.74) is -0.763. The number of ketones is 1. The molecule has 17 heavy (non-hydrogen) atoms. The molecule has 96 valence electrons. The summed E-state index contributed by atoms with van der Waals surface area (Å²) in [5.74, 6) is -0.963. The number of esters is 1. The number of Topliss-reactive ketones (excluding diaryl/α,β-unsaturated/α-hetero) is 1. The van der Waals surface area contributed by atoms with Gasteiger partial charge in [-0.15, -0.1) is 0 Å². The topological polar surface area (TPSA) is 61.8 Å². The fourth-order valence-electron chi connectivity index (χ4n) is 2.31. The first kappa shape index (κ1) is 12.5. The lowest BCUT2D eigenvalue weighted by Crippen LogP contribution is -2.53. The second kappa shape index (κ2) is 4.38. The van der Waals surface area contributed by atoms with Gasteiger partial charge in [-0.25, -0.2) is 0 Å². The third-order valence-electron chi connectivity index (χ3n) is 3.47. The molecule has 0 unspecified atom stereocenters. The molecule has 1 aliphatic heterocycles. The third kappa shape index (κ3) is 2.35. The molecule has 0 atom stereocenters. The molecule has 5 heteroatoms. The predicted molar refractivity (Wildman–Crippen MR) is 58.2 cm³/mol. The van der Waals surface area contributed by atoms with Crippen molar-refractivity contribution < 1.29 is 23.8 Å². The normalized spacial score (nSPS) is 38.1. The van der Waals surface area contributed by atoms with E-state index in [1.807, 2.05) is 0 Å². The minimum Gasteiger partial charge on any atom is -0.468 e. The Labute approximate surface area is 100 Å². The maximum Gasteiger partial charge on any atom is 0.316 e. The monoisotopic (exact) mass is 242 g/mol. The van der Waals surface area contributed by atoms with Gasteiger partial charge in [-0.2, -0.15) is 0 Å².